The molecule has 0 heterocycles. The Hall–Kier alpha value is -2.78. The predicted octanol–water partition coefficient (Wildman–Crippen LogP) is 5.87. The zero-order valence-electron chi connectivity index (χ0n) is 14.9. The fourth-order valence-corrected chi connectivity index (χ4v) is 2.28. The van der Waals surface area contributed by atoms with Gasteiger partial charge in [-0.25, -0.2) is 13.6 Å². The summed E-state index contributed by atoms with van der Waals surface area (Å²) in [5.41, 5.74) is 0.592. The third kappa shape index (κ3) is 5.85. The molecule has 29 heavy (non-hydrogen) atoms. The molecule has 2 aromatic carbocycles. The van der Waals surface area contributed by atoms with E-state index in [2.05, 4.69) is 4.74 Å². The Kier molecular flexibility index (Phi) is 6.76. The van der Waals surface area contributed by atoms with E-state index in [1.165, 1.54) is 12.1 Å². The van der Waals surface area contributed by atoms with Gasteiger partial charge in [0.05, 0.1) is 5.56 Å². The highest BCUT2D eigenvalue weighted by Gasteiger charge is 2.59. The quantitative estimate of drug-likeness (QED) is 0.317. The van der Waals surface area contributed by atoms with Crippen LogP contribution in [0.4, 0.5) is 30.7 Å². The average Bonchev–Trinajstić information content (AvgIpc) is 2.63. The molecule has 10 heteroatoms. The van der Waals surface area contributed by atoms with Crippen LogP contribution in [0.1, 0.15) is 29.3 Å². The predicted molar refractivity (Wildman–Crippen MR) is 88.3 cm³/mol. The molecule has 0 aliphatic heterocycles. The van der Waals surface area contributed by atoms with Crippen LogP contribution in [0.2, 0.25) is 0 Å². The molecular formula is C19H15F7O3. The Bertz CT molecular complexity index is 848. The summed E-state index contributed by atoms with van der Waals surface area (Å²) in [7, 11) is 0. The van der Waals surface area contributed by atoms with Crippen LogP contribution in [0.5, 0.6) is 11.5 Å². The van der Waals surface area contributed by atoms with Crippen molar-refractivity contribution in [3.05, 3.63) is 59.4 Å². The molecule has 158 valence electrons. The summed E-state index contributed by atoms with van der Waals surface area (Å²) < 4.78 is 98.1. The number of alkyl halides is 6. The van der Waals surface area contributed by atoms with Crippen LogP contribution in [0.15, 0.2) is 42.5 Å². The van der Waals surface area contributed by atoms with Crippen molar-refractivity contribution in [2.24, 2.45) is 0 Å². The standard InChI is InChI=1S/C19H15F7O3/c1-2-3-11-4-7-13(8-5-11)28-16(27)12-6-9-15(14(20)10-12)29-19(25,26)17(21)18(22,23)24/h4-10,17H,2-3H2,1H3. The number of carbonyl (C=O) groups is 1. The second kappa shape index (κ2) is 8.71. The van der Waals surface area contributed by atoms with E-state index < -0.39 is 41.6 Å². The SMILES string of the molecule is CCCc1ccc(OC(=O)c2ccc(OC(F)(F)C(F)C(F)(F)F)c(F)c2)cc1. The van der Waals surface area contributed by atoms with E-state index in [1.807, 2.05) is 6.92 Å². The molecular weight excluding hydrogens is 409 g/mol. The fraction of sp³-hybridized carbons (Fsp3) is 0.316. The number of esters is 1. The zero-order valence-corrected chi connectivity index (χ0v) is 14.9. The van der Waals surface area contributed by atoms with E-state index >= 15 is 0 Å². The smallest absolute Gasteiger partial charge is 0.427 e. The van der Waals surface area contributed by atoms with Gasteiger partial charge in [0.25, 0.3) is 6.17 Å². The highest BCUT2D eigenvalue weighted by atomic mass is 19.4. The molecule has 2 aromatic rings. The lowest BCUT2D eigenvalue weighted by molar-refractivity contribution is -0.305. The number of hydrogen-bond acceptors (Lipinski definition) is 3. The Balaban J connectivity index is 2.11. The van der Waals surface area contributed by atoms with Crippen LogP contribution in [0, 0.1) is 5.82 Å². The second-order valence-electron chi connectivity index (χ2n) is 6.00. The Morgan fingerprint density at radius 1 is 1.03 bits per heavy atom. The van der Waals surface area contributed by atoms with Crippen LogP contribution in [-0.4, -0.2) is 24.4 Å². The van der Waals surface area contributed by atoms with Gasteiger partial charge in [-0.05, 0) is 42.3 Å². The van der Waals surface area contributed by atoms with Crippen molar-refractivity contribution in [3.8, 4) is 11.5 Å². The van der Waals surface area contributed by atoms with Gasteiger partial charge >= 0.3 is 18.3 Å². The molecule has 0 aliphatic carbocycles. The van der Waals surface area contributed by atoms with Crippen LogP contribution in [0.25, 0.3) is 0 Å². The first-order valence-electron chi connectivity index (χ1n) is 8.32. The topological polar surface area (TPSA) is 35.5 Å². The molecule has 0 N–H and O–H groups in total. The number of carbonyl (C=O) groups excluding carboxylic acids is 1. The van der Waals surface area contributed by atoms with Gasteiger partial charge in [0.1, 0.15) is 5.75 Å². The van der Waals surface area contributed by atoms with E-state index in [1.54, 1.807) is 12.1 Å². The van der Waals surface area contributed by atoms with Crippen molar-refractivity contribution in [1.82, 2.24) is 0 Å². The Morgan fingerprint density at radius 2 is 1.66 bits per heavy atom. The normalized spacial score (nSPS) is 13.1. The minimum Gasteiger partial charge on any atom is -0.427 e. The van der Waals surface area contributed by atoms with E-state index in [4.69, 9.17) is 4.74 Å². The van der Waals surface area contributed by atoms with E-state index in [0.29, 0.717) is 12.1 Å². The summed E-state index contributed by atoms with van der Waals surface area (Å²) in [5.74, 6) is -3.84. The number of hydrogen-bond donors (Lipinski definition) is 0. The summed E-state index contributed by atoms with van der Waals surface area (Å²) in [4.78, 5) is 12.0. The van der Waals surface area contributed by atoms with Gasteiger partial charge in [-0.1, -0.05) is 25.5 Å². The summed E-state index contributed by atoms with van der Waals surface area (Å²) in [6, 6.07) is 8.17. The van der Waals surface area contributed by atoms with Gasteiger partial charge in [0.15, 0.2) is 11.6 Å². The molecule has 3 nitrogen and oxygen atoms in total. The minimum atomic E-state index is -5.91. The maximum absolute atomic E-state index is 13.9. The number of halogens is 7. The molecule has 0 amide bonds. The van der Waals surface area contributed by atoms with Gasteiger partial charge in [-0.3, -0.25) is 0 Å². The second-order valence-corrected chi connectivity index (χ2v) is 6.00. The number of benzene rings is 2. The first kappa shape index (κ1) is 22.5. The first-order chi connectivity index (χ1) is 13.4. The molecule has 0 bridgehead atoms. The molecule has 0 aliphatic rings. The van der Waals surface area contributed by atoms with Crippen molar-refractivity contribution in [1.29, 1.82) is 0 Å². The largest absolute Gasteiger partial charge is 0.439 e. The number of ether oxygens (including phenoxy) is 2. The Morgan fingerprint density at radius 3 is 2.17 bits per heavy atom. The lowest BCUT2D eigenvalue weighted by atomic mass is 10.1. The summed E-state index contributed by atoms with van der Waals surface area (Å²) in [6.45, 7) is 1.99. The molecule has 0 radical (unpaired) electrons. The molecule has 0 aromatic heterocycles. The molecule has 0 spiro atoms. The highest BCUT2D eigenvalue weighted by Crippen LogP contribution is 2.37. The summed E-state index contributed by atoms with van der Waals surface area (Å²) in [5, 5.41) is 0. The van der Waals surface area contributed by atoms with Gasteiger partial charge in [0, 0.05) is 0 Å². The number of rotatable bonds is 7. The third-order valence-electron chi connectivity index (χ3n) is 3.67. The number of aryl methyl sites for hydroxylation is 1. The molecule has 1 atom stereocenters. The van der Waals surface area contributed by atoms with Crippen LogP contribution in [-0.2, 0) is 6.42 Å². The Labute approximate surface area is 161 Å². The van der Waals surface area contributed by atoms with Crippen LogP contribution in [0.3, 0.4) is 0 Å². The third-order valence-corrected chi connectivity index (χ3v) is 3.67. The molecule has 2 rings (SSSR count). The van der Waals surface area contributed by atoms with Crippen molar-refractivity contribution >= 4 is 5.97 Å². The maximum Gasteiger partial charge on any atom is 0.439 e. The summed E-state index contributed by atoms with van der Waals surface area (Å²) >= 11 is 0. The van der Waals surface area contributed by atoms with E-state index in [0.717, 1.165) is 24.5 Å². The van der Waals surface area contributed by atoms with E-state index in [-0.39, 0.29) is 5.75 Å². The van der Waals surface area contributed by atoms with Gasteiger partial charge < -0.3 is 9.47 Å². The highest BCUT2D eigenvalue weighted by molar-refractivity contribution is 5.91. The molecule has 1 unspecified atom stereocenters. The zero-order chi connectivity index (χ0) is 21.8. The van der Waals surface area contributed by atoms with Gasteiger partial charge in [0.2, 0.25) is 0 Å². The maximum atomic E-state index is 13.9. The van der Waals surface area contributed by atoms with Gasteiger partial charge in [-0.2, -0.15) is 22.0 Å². The minimum absolute atomic E-state index is 0.146. The van der Waals surface area contributed by atoms with Crippen molar-refractivity contribution < 1.29 is 45.0 Å². The van der Waals surface area contributed by atoms with Crippen LogP contribution < -0.4 is 9.47 Å². The van der Waals surface area contributed by atoms with Crippen molar-refractivity contribution in [2.75, 3.05) is 0 Å². The monoisotopic (exact) mass is 424 g/mol. The fourth-order valence-electron chi connectivity index (χ4n) is 2.28. The van der Waals surface area contributed by atoms with E-state index in [9.17, 15) is 35.5 Å². The lowest BCUT2D eigenvalue weighted by Gasteiger charge is -2.23. The first-order valence-corrected chi connectivity index (χ1v) is 8.32. The lowest BCUT2D eigenvalue weighted by Crippen LogP contribution is -2.45. The summed E-state index contributed by atoms with van der Waals surface area (Å²) in [6.07, 6.45) is -14.2. The van der Waals surface area contributed by atoms with Crippen molar-refractivity contribution in [2.45, 2.75) is 38.2 Å². The molecule has 0 saturated carbocycles. The van der Waals surface area contributed by atoms with Crippen LogP contribution >= 0.6 is 0 Å². The molecule has 0 fully saturated rings. The average molecular weight is 424 g/mol. The molecule has 0 saturated heterocycles. The van der Waals surface area contributed by atoms with Gasteiger partial charge in [-0.15, -0.1) is 0 Å². The van der Waals surface area contributed by atoms with Crippen molar-refractivity contribution in [3.63, 3.8) is 0 Å².